The van der Waals surface area contributed by atoms with Crippen LogP contribution in [-0.2, 0) is 19.4 Å². The predicted molar refractivity (Wildman–Crippen MR) is 114 cm³/mol. The number of amides is 2. The third-order valence-electron chi connectivity index (χ3n) is 4.65. The number of halogens is 1. The first-order chi connectivity index (χ1) is 14.8. The van der Waals surface area contributed by atoms with Crippen LogP contribution in [0.2, 0.25) is 5.02 Å². The summed E-state index contributed by atoms with van der Waals surface area (Å²) >= 11 is 5.84. The minimum Gasteiger partial charge on any atom is -0.496 e. The van der Waals surface area contributed by atoms with Gasteiger partial charge in [0.1, 0.15) is 11.7 Å². The van der Waals surface area contributed by atoms with Gasteiger partial charge in [0.25, 0.3) is 0 Å². The van der Waals surface area contributed by atoms with Crippen molar-refractivity contribution in [2.45, 2.75) is 17.9 Å². The smallest absolute Gasteiger partial charge is 0.319 e. The first kappa shape index (κ1) is 22.6. The summed E-state index contributed by atoms with van der Waals surface area (Å²) in [6, 6.07) is 10.8. The number of carbonyl (C=O) groups excluding carboxylic acids is 2. The number of esters is 1. The van der Waals surface area contributed by atoms with E-state index in [9.17, 15) is 18.0 Å². The van der Waals surface area contributed by atoms with Gasteiger partial charge in [-0.1, -0.05) is 29.8 Å². The molecule has 1 aliphatic heterocycles. The number of benzene rings is 2. The average Bonchev–Trinajstić information content (AvgIpc) is 2.73. The molecule has 0 aliphatic carbocycles. The number of sulfone groups is 1. The maximum atomic E-state index is 12.9. The molecule has 2 amide bonds. The van der Waals surface area contributed by atoms with E-state index in [2.05, 4.69) is 10.6 Å². The molecule has 2 aromatic rings. The first-order valence-electron chi connectivity index (χ1n) is 9.36. The van der Waals surface area contributed by atoms with Crippen molar-refractivity contribution < 1.29 is 27.5 Å². The Labute approximate surface area is 185 Å². The Morgan fingerprint density at radius 2 is 1.84 bits per heavy atom. The summed E-state index contributed by atoms with van der Waals surface area (Å²) in [5, 5.41) is 6.37. The van der Waals surface area contributed by atoms with Gasteiger partial charge in [-0.15, -0.1) is 0 Å². The van der Waals surface area contributed by atoms with E-state index in [1.54, 1.807) is 31.2 Å². The van der Waals surface area contributed by atoms with Crippen molar-refractivity contribution in [2.24, 2.45) is 5.92 Å². The fourth-order valence-corrected chi connectivity index (χ4v) is 4.60. The van der Waals surface area contributed by atoms with Crippen molar-refractivity contribution in [2.75, 3.05) is 13.7 Å². The Hall–Kier alpha value is -3.04. The van der Waals surface area contributed by atoms with Gasteiger partial charge in [-0.2, -0.15) is 0 Å². The van der Waals surface area contributed by atoms with Crippen molar-refractivity contribution in [3.05, 3.63) is 70.2 Å². The van der Waals surface area contributed by atoms with E-state index in [0.717, 1.165) is 5.41 Å². The summed E-state index contributed by atoms with van der Waals surface area (Å²) in [4.78, 5) is 25.2. The summed E-state index contributed by atoms with van der Waals surface area (Å²) < 4.78 is 36.4. The van der Waals surface area contributed by atoms with Crippen molar-refractivity contribution >= 4 is 33.4 Å². The Balaban J connectivity index is 2.12. The molecule has 10 heteroatoms. The molecule has 1 aliphatic rings. The van der Waals surface area contributed by atoms with Gasteiger partial charge in [-0.3, -0.25) is 4.79 Å². The lowest BCUT2D eigenvalue weighted by atomic mass is 9.88. The lowest BCUT2D eigenvalue weighted by Crippen LogP contribution is -2.51. The highest BCUT2D eigenvalue weighted by atomic mass is 35.5. The molecule has 0 aromatic heterocycles. The summed E-state index contributed by atoms with van der Waals surface area (Å²) in [7, 11) is -2.54. The van der Waals surface area contributed by atoms with E-state index in [0.29, 0.717) is 16.3 Å². The average molecular weight is 465 g/mol. The number of carbonyl (C=O) groups is 2. The van der Waals surface area contributed by atoms with Crippen LogP contribution in [-0.4, -0.2) is 34.1 Å². The SMILES string of the molecule is CCOC(=O)[C@H]1C(=CS(=O)(=O)c2ccc(Cl)cc2)NC(=O)N[C@@H]1c1ccccc1OC. The van der Waals surface area contributed by atoms with Gasteiger partial charge >= 0.3 is 12.0 Å². The van der Waals surface area contributed by atoms with Crippen molar-refractivity contribution in [3.63, 3.8) is 0 Å². The molecule has 0 bridgehead atoms. The van der Waals surface area contributed by atoms with Gasteiger partial charge in [0.15, 0.2) is 0 Å². The highest BCUT2D eigenvalue weighted by Crippen LogP contribution is 2.36. The first-order valence-corrected chi connectivity index (χ1v) is 11.3. The maximum Gasteiger partial charge on any atom is 0.319 e. The van der Waals surface area contributed by atoms with Gasteiger partial charge in [0.05, 0.1) is 30.1 Å². The van der Waals surface area contributed by atoms with E-state index in [-0.39, 0.29) is 17.2 Å². The number of para-hydroxylation sites is 1. The van der Waals surface area contributed by atoms with Gasteiger partial charge in [-0.05, 0) is 37.3 Å². The number of urea groups is 1. The molecule has 0 saturated carbocycles. The molecular formula is C21H21ClN2O6S. The van der Waals surface area contributed by atoms with Crippen LogP contribution in [0.1, 0.15) is 18.5 Å². The molecule has 1 heterocycles. The molecule has 0 unspecified atom stereocenters. The molecule has 1 saturated heterocycles. The van der Waals surface area contributed by atoms with Gasteiger partial charge < -0.3 is 20.1 Å². The molecule has 2 aromatic carbocycles. The minimum absolute atomic E-state index is 0.0337. The zero-order valence-corrected chi connectivity index (χ0v) is 18.4. The number of methoxy groups -OCH3 is 1. The third kappa shape index (κ3) is 5.00. The highest BCUT2D eigenvalue weighted by molar-refractivity contribution is 7.94. The van der Waals surface area contributed by atoms with Crippen molar-refractivity contribution in [1.29, 1.82) is 0 Å². The van der Waals surface area contributed by atoms with Crippen molar-refractivity contribution in [1.82, 2.24) is 10.6 Å². The summed E-state index contributed by atoms with van der Waals surface area (Å²) in [5.74, 6) is -1.40. The third-order valence-corrected chi connectivity index (χ3v) is 6.40. The molecule has 1 fully saturated rings. The van der Waals surface area contributed by atoms with Crippen LogP contribution in [0.3, 0.4) is 0 Å². The predicted octanol–water partition coefficient (Wildman–Crippen LogP) is 3.20. The monoisotopic (exact) mass is 464 g/mol. The lowest BCUT2D eigenvalue weighted by Gasteiger charge is -2.34. The van der Waals surface area contributed by atoms with Crippen LogP contribution >= 0.6 is 11.6 Å². The van der Waals surface area contributed by atoms with Crippen LogP contribution < -0.4 is 15.4 Å². The number of ether oxygens (including phenoxy) is 2. The van der Waals surface area contributed by atoms with Crippen LogP contribution in [0.4, 0.5) is 4.79 Å². The van der Waals surface area contributed by atoms with E-state index in [1.165, 1.54) is 31.4 Å². The molecule has 0 spiro atoms. The molecule has 31 heavy (non-hydrogen) atoms. The fourth-order valence-electron chi connectivity index (χ4n) is 3.29. The number of hydrogen-bond donors (Lipinski definition) is 2. The molecular weight excluding hydrogens is 444 g/mol. The summed E-state index contributed by atoms with van der Waals surface area (Å²) in [6.45, 7) is 1.72. The zero-order chi connectivity index (χ0) is 22.6. The maximum absolute atomic E-state index is 12.9. The topological polar surface area (TPSA) is 111 Å². The van der Waals surface area contributed by atoms with Crippen LogP contribution in [0.5, 0.6) is 5.75 Å². The fraction of sp³-hybridized carbons (Fsp3) is 0.238. The van der Waals surface area contributed by atoms with E-state index < -0.39 is 33.8 Å². The van der Waals surface area contributed by atoms with E-state index in [4.69, 9.17) is 21.1 Å². The van der Waals surface area contributed by atoms with Crippen molar-refractivity contribution in [3.8, 4) is 5.75 Å². The molecule has 164 valence electrons. The van der Waals surface area contributed by atoms with Gasteiger partial charge in [0.2, 0.25) is 9.84 Å². The molecule has 2 N–H and O–H groups in total. The van der Waals surface area contributed by atoms with Gasteiger partial charge in [0, 0.05) is 16.3 Å². The summed E-state index contributed by atoms with van der Waals surface area (Å²) in [5.41, 5.74) is 0.403. The van der Waals surface area contributed by atoms with E-state index >= 15 is 0 Å². The second kappa shape index (κ2) is 9.40. The molecule has 8 nitrogen and oxygen atoms in total. The molecule has 2 atom stereocenters. The van der Waals surface area contributed by atoms with Crippen LogP contribution in [0.25, 0.3) is 0 Å². The number of hydrogen-bond acceptors (Lipinski definition) is 6. The quantitative estimate of drug-likeness (QED) is 0.635. The standard InChI is InChI=1S/C21H21ClN2O6S/c1-3-30-20(25)18-16(12-31(27,28)14-10-8-13(22)9-11-14)23-21(26)24-19(18)15-6-4-5-7-17(15)29-2/h4-12,18-19H,3H2,1-2H3,(H2,23,24,26)/t18-,19+/m0/s1. The Morgan fingerprint density at radius 3 is 2.48 bits per heavy atom. The highest BCUT2D eigenvalue weighted by Gasteiger charge is 2.41. The van der Waals surface area contributed by atoms with Gasteiger partial charge in [-0.25, -0.2) is 13.2 Å². The van der Waals surface area contributed by atoms with Crippen LogP contribution in [0, 0.1) is 5.92 Å². The number of nitrogens with one attached hydrogen (secondary N) is 2. The second-order valence-corrected chi connectivity index (χ2v) is 8.85. The Kier molecular flexibility index (Phi) is 6.87. The Bertz CT molecular complexity index is 1110. The van der Waals surface area contributed by atoms with Crippen LogP contribution in [0.15, 0.2) is 64.5 Å². The lowest BCUT2D eigenvalue weighted by molar-refractivity contribution is -0.147. The normalized spacial score (nSPS) is 20.0. The second-order valence-electron chi connectivity index (χ2n) is 6.62. The molecule has 0 radical (unpaired) electrons. The minimum atomic E-state index is -4.00. The largest absolute Gasteiger partial charge is 0.496 e. The Morgan fingerprint density at radius 1 is 1.16 bits per heavy atom. The summed E-state index contributed by atoms with van der Waals surface area (Å²) in [6.07, 6.45) is 0. The molecule has 3 rings (SSSR count). The number of rotatable bonds is 6. The van der Waals surface area contributed by atoms with E-state index in [1.807, 2.05) is 0 Å². The zero-order valence-electron chi connectivity index (χ0n) is 16.8.